The lowest BCUT2D eigenvalue weighted by Crippen LogP contribution is -2.14. The predicted octanol–water partition coefficient (Wildman–Crippen LogP) is 4.61. The molecular weight excluding hydrogens is 382 g/mol. The van der Waals surface area contributed by atoms with E-state index in [1.54, 1.807) is 53.9 Å². The van der Waals surface area contributed by atoms with E-state index in [2.05, 4.69) is 0 Å². The highest BCUT2D eigenvalue weighted by Crippen LogP contribution is 2.38. The van der Waals surface area contributed by atoms with Crippen molar-refractivity contribution in [3.8, 4) is 10.6 Å². The van der Waals surface area contributed by atoms with Gasteiger partial charge in [-0.05, 0) is 36.6 Å². The maximum absolute atomic E-state index is 13.5. The normalized spacial score (nSPS) is 11.7. The summed E-state index contributed by atoms with van der Waals surface area (Å²) in [6.07, 6.45) is 0. The van der Waals surface area contributed by atoms with Crippen LogP contribution in [0.4, 0.5) is 0 Å². The summed E-state index contributed by atoms with van der Waals surface area (Å²) >= 11 is 1.30. The van der Waals surface area contributed by atoms with Crippen molar-refractivity contribution in [3.05, 3.63) is 77.2 Å². The molecule has 0 aliphatic heterocycles. The highest BCUT2D eigenvalue weighted by Gasteiger charge is 2.30. The summed E-state index contributed by atoms with van der Waals surface area (Å²) in [7, 11) is -3.99. The van der Waals surface area contributed by atoms with Crippen LogP contribution in [-0.2, 0) is 10.0 Å². The molecule has 1 N–H and O–H groups in total. The lowest BCUT2D eigenvalue weighted by Gasteiger charge is -2.12. The van der Waals surface area contributed by atoms with Crippen molar-refractivity contribution in [2.75, 3.05) is 0 Å². The fraction of sp³-hybridized carbons (Fsp3) is 0.0500. The second-order valence-electron chi connectivity index (χ2n) is 6.11. The molecule has 27 heavy (non-hydrogen) atoms. The highest BCUT2D eigenvalue weighted by molar-refractivity contribution is 7.90. The number of carboxylic acids is 1. The van der Waals surface area contributed by atoms with Crippen LogP contribution in [0.2, 0.25) is 0 Å². The first kappa shape index (κ1) is 17.5. The van der Waals surface area contributed by atoms with E-state index in [9.17, 15) is 18.3 Å². The number of para-hydroxylation sites is 1. The molecule has 0 saturated heterocycles. The van der Waals surface area contributed by atoms with E-state index in [1.165, 1.54) is 23.5 Å². The van der Waals surface area contributed by atoms with Crippen LogP contribution < -0.4 is 0 Å². The zero-order chi connectivity index (χ0) is 19.2. The first-order chi connectivity index (χ1) is 12.9. The predicted molar refractivity (Wildman–Crippen MR) is 106 cm³/mol. The number of fused-ring (bicyclic) bond motifs is 1. The number of rotatable bonds is 4. The van der Waals surface area contributed by atoms with Gasteiger partial charge in [-0.3, -0.25) is 0 Å². The summed E-state index contributed by atoms with van der Waals surface area (Å²) in [6, 6.07) is 16.7. The van der Waals surface area contributed by atoms with E-state index >= 15 is 0 Å². The fourth-order valence-corrected chi connectivity index (χ4v) is 5.49. The molecule has 2 heterocycles. The number of benzene rings is 2. The van der Waals surface area contributed by atoms with E-state index in [4.69, 9.17) is 0 Å². The largest absolute Gasteiger partial charge is 0.478 e. The second-order valence-corrected chi connectivity index (χ2v) is 8.84. The standard InChI is InChI=1S/C20H15NO4S2/c1-13-8-10-14(11-9-13)27(24,25)21-16-6-3-2-5-15(16)18(20(22)23)19(21)17-7-4-12-26-17/h2-12H,1H3,(H,22,23). The Morgan fingerprint density at radius 1 is 1.00 bits per heavy atom. The van der Waals surface area contributed by atoms with E-state index in [-0.39, 0.29) is 16.2 Å². The molecule has 2 aromatic heterocycles. The van der Waals surface area contributed by atoms with E-state index in [0.717, 1.165) is 9.54 Å². The van der Waals surface area contributed by atoms with Gasteiger partial charge in [0.05, 0.1) is 26.5 Å². The van der Waals surface area contributed by atoms with Crippen molar-refractivity contribution in [1.29, 1.82) is 0 Å². The van der Waals surface area contributed by atoms with Gasteiger partial charge in [-0.25, -0.2) is 17.2 Å². The van der Waals surface area contributed by atoms with Crippen molar-refractivity contribution < 1.29 is 18.3 Å². The molecule has 7 heteroatoms. The van der Waals surface area contributed by atoms with Crippen molar-refractivity contribution in [2.24, 2.45) is 0 Å². The van der Waals surface area contributed by atoms with Crippen LogP contribution in [0.1, 0.15) is 15.9 Å². The van der Waals surface area contributed by atoms with Crippen LogP contribution >= 0.6 is 11.3 Å². The molecule has 0 bridgehead atoms. The van der Waals surface area contributed by atoms with Crippen molar-refractivity contribution in [1.82, 2.24) is 3.97 Å². The first-order valence-corrected chi connectivity index (χ1v) is 10.5. The fourth-order valence-electron chi connectivity index (χ4n) is 3.13. The Morgan fingerprint density at radius 2 is 1.70 bits per heavy atom. The van der Waals surface area contributed by atoms with Crippen LogP contribution in [0.3, 0.4) is 0 Å². The molecule has 0 aliphatic carbocycles. The van der Waals surface area contributed by atoms with Crippen molar-refractivity contribution in [2.45, 2.75) is 11.8 Å². The lowest BCUT2D eigenvalue weighted by atomic mass is 10.1. The van der Waals surface area contributed by atoms with E-state index in [1.807, 2.05) is 6.92 Å². The third kappa shape index (κ3) is 2.75. The summed E-state index contributed by atoms with van der Waals surface area (Å²) in [5, 5.41) is 12.0. The van der Waals surface area contributed by atoms with Crippen LogP contribution in [-0.4, -0.2) is 23.5 Å². The number of aromatic carboxylic acids is 1. The molecule has 136 valence electrons. The quantitative estimate of drug-likeness (QED) is 0.545. The van der Waals surface area contributed by atoms with Gasteiger partial charge >= 0.3 is 5.97 Å². The van der Waals surface area contributed by atoms with Crippen LogP contribution in [0.5, 0.6) is 0 Å². The third-order valence-corrected chi connectivity index (χ3v) is 6.96. The number of nitrogens with zero attached hydrogens (tertiary/aromatic N) is 1. The number of thiophene rings is 1. The zero-order valence-electron chi connectivity index (χ0n) is 14.3. The Bertz CT molecular complexity index is 1250. The minimum atomic E-state index is -3.99. The number of aryl methyl sites for hydroxylation is 1. The average molecular weight is 397 g/mol. The monoisotopic (exact) mass is 397 g/mol. The van der Waals surface area contributed by atoms with Gasteiger partial charge < -0.3 is 5.11 Å². The minimum Gasteiger partial charge on any atom is -0.478 e. The molecule has 5 nitrogen and oxygen atoms in total. The Hall–Kier alpha value is -2.90. The maximum atomic E-state index is 13.5. The smallest absolute Gasteiger partial charge is 0.338 e. The first-order valence-electron chi connectivity index (χ1n) is 8.14. The Labute approximate surface area is 160 Å². The Balaban J connectivity index is 2.16. The number of hydrogen-bond donors (Lipinski definition) is 1. The molecule has 0 amide bonds. The van der Waals surface area contributed by atoms with E-state index in [0.29, 0.717) is 15.8 Å². The number of carboxylic acid groups (broad SMARTS) is 1. The molecule has 4 aromatic rings. The van der Waals surface area contributed by atoms with Gasteiger partial charge in [0, 0.05) is 5.39 Å². The number of aromatic nitrogens is 1. The number of carbonyl (C=O) groups is 1. The summed E-state index contributed by atoms with van der Waals surface area (Å²) in [6.45, 7) is 1.88. The zero-order valence-corrected chi connectivity index (χ0v) is 15.9. The molecule has 4 rings (SSSR count). The topological polar surface area (TPSA) is 76.4 Å². The molecule has 0 atom stereocenters. The number of hydrogen-bond acceptors (Lipinski definition) is 4. The van der Waals surface area contributed by atoms with Gasteiger partial charge in [-0.1, -0.05) is 42.0 Å². The summed E-state index contributed by atoms with van der Waals surface area (Å²) in [4.78, 5) is 12.7. The summed E-state index contributed by atoms with van der Waals surface area (Å²) in [5.74, 6) is -1.16. The molecule has 0 radical (unpaired) electrons. The molecular formula is C20H15NO4S2. The van der Waals surface area contributed by atoms with Crippen molar-refractivity contribution in [3.63, 3.8) is 0 Å². The van der Waals surface area contributed by atoms with Crippen LogP contribution in [0.15, 0.2) is 70.9 Å². The highest BCUT2D eigenvalue weighted by atomic mass is 32.2. The van der Waals surface area contributed by atoms with Gasteiger partial charge in [0.25, 0.3) is 10.0 Å². The third-order valence-electron chi connectivity index (χ3n) is 4.36. The van der Waals surface area contributed by atoms with E-state index < -0.39 is 16.0 Å². The molecule has 0 spiro atoms. The Morgan fingerprint density at radius 3 is 2.33 bits per heavy atom. The van der Waals surface area contributed by atoms with Gasteiger partial charge in [0.1, 0.15) is 0 Å². The van der Waals surface area contributed by atoms with Gasteiger partial charge in [-0.15, -0.1) is 11.3 Å². The average Bonchev–Trinajstić information content (AvgIpc) is 3.27. The minimum absolute atomic E-state index is 0.0104. The van der Waals surface area contributed by atoms with Crippen LogP contribution in [0.25, 0.3) is 21.5 Å². The maximum Gasteiger partial charge on any atom is 0.338 e. The summed E-state index contributed by atoms with van der Waals surface area (Å²) in [5.41, 5.74) is 1.46. The molecule has 0 unspecified atom stereocenters. The molecule has 2 aromatic carbocycles. The van der Waals surface area contributed by atoms with Crippen LogP contribution in [0, 0.1) is 6.92 Å². The molecule has 0 fully saturated rings. The SMILES string of the molecule is Cc1ccc(S(=O)(=O)n2c(-c3cccs3)c(C(=O)O)c3ccccc32)cc1. The molecule has 0 aliphatic rings. The summed E-state index contributed by atoms with van der Waals surface area (Å²) < 4.78 is 28.1. The second kappa shape index (κ2) is 6.37. The van der Waals surface area contributed by atoms with Gasteiger partial charge in [0.2, 0.25) is 0 Å². The van der Waals surface area contributed by atoms with Gasteiger partial charge in [-0.2, -0.15) is 0 Å². The van der Waals surface area contributed by atoms with Crippen molar-refractivity contribution >= 4 is 38.2 Å². The molecule has 0 saturated carbocycles. The Kier molecular flexibility index (Phi) is 4.13. The van der Waals surface area contributed by atoms with Gasteiger partial charge in [0.15, 0.2) is 0 Å². The lowest BCUT2D eigenvalue weighted by molar-refractivity contribution is 0.0700.